The molecule has 2 rings (SSSR count). The molecule has 0 atom stereocenters. The Morgan fingerprint density at radius 2 is 1.77 bits per heavy atom. The number of nitrogens with two attached hydrogens (primary N) is 2. The van der Waals surface area contributed by atoms with Crippen molar-refractivity contribution < 1.29 is 0 Å². The zero-order valence-electron chi connectivity index (χ0n) is 11.1. The summed E-state index contributed by atoms with van der Waals surface area (Å²) in [6.07, 6.45) is 3.13. The van der Waals surface area contributed by atoms with Crippen LogP contribution in [-0.2, 0) is 0 Å². The standard InChI is InChI=1S/C12H12ClN7S2/c13-10-8(5-17-20-12(15)22)7-3-6(1-2-9(7)18-10)4-16-19-11(14)21/h1-5,18H,(H3,14,19,21)(H3,15,20,22)/b16-4+,17-5-. The highest BCUT2D eigenvalue weighted by atomic mass is 35.5. The molecular weight excluding hydrogens is 342 g/mol. The third-order valence-electron chi connectivity index (χ3n) is 2.57. The van der Waals surface area contributed by atoms with Crippen LogP contribution < -0.4 is 22.3 Å². The van der Waals surface area contributed by atoms with Crippen LogP contribution >= 0.6 is 36.0 Å². The molecular formula is C12H12ClN7S2. The molecule has 0 saturated heterocycles. The Labute approximate surface area is 141 Å². The molecule has 0 fully saturated rings. The van der Waals surface area contributed by atoms with Crippen LogP contribution in [0, 0.1) is 0 Å². The highest BCUT2D eigenvalue weighted by Crippen LogP contribution is 2.25. The van der Waals surface area contributed by atoms with Gasteiger partial charge in [0.25, 0.3) is 0 Å². The van der Waals surface area contributed by atoms with Crippen molar-refractivity contribution in [1.82, 2.24) is 15.8 Å². The van der Waals surface area contributed by atoms with E-state index in [0.29, 0.717) is 10.7 Å². The van der Waals surface area contributed by atoms with Crippen LogP contribution in [0.1, 0.15) is 11.1 Å². The number of thiocarbonyl (C=S) groups is 2. The van der Waals surface area contributed by atoms with Crippen LogP contribution in [-0.4, -0.2) is 27.6 Å². The first-order valence-electron chi connectivity index (χ1n) is 5.95. The third kappa shape index (κ3) is 4.13. The summed E-state index contributed by atoms with van der Waals surface area (Å²) in [7, 11) is 0. The number of hydrazone groups is 2. The number of aromatic nitrogens is 1. The Bertz CT molecular complexity index is 781. The molecule has 10 heteroatoms. The fraction of sp³-hybridized carbons (Fsp3) is 0. The van der Waals surface area contributed by atoms with Crippen LogP contribution in [0.4, 0.5) is 0 Å². The van der Waals surface area contributed by atoms with E-state index in [4.69, 9.17) is 23.1 Å². The van der Waals surface area contributed by atoms with Gasteiger partial charge in [0, 0.05) is 16.5 Å². The zero-order chi connectivity index (χ0) is 16.1. The predicted molar refractivity (Wildman–Crippen MR) is 98.3 cm³/mol. The van der Waals surface area contributed by atoms with E-state index >= 15 is 0 Å². The first kappa shape index (κ1) is 16.1. The second kappa shape index (κ2) is 7.16. The maximum absolute atomic E-state index is 6.16. The molecule has 0 aliphatic rings. The van der Waals surface area contributed by atoms with Crippen molar-refractivity contribution in [2.45, 2.75) is 0 Å². The number of halogens is 1. The summed E-state index contributed by atoms with van der Waals surface area (Å²) in [5, 5.41) is 9.32. The average Bonchev–Trinajstić information content (AvgIpc) is 2.74. The molecule has 2 aromatic rings. The van der Waals surface area contributed by atoms with Gasteiger partial charge in [0.2, 0.25) is 0 Å². The van der Waals surface area contributed by atoms with Crippen LogP contribution in [0.25, 0.3) is 10.9 Å². The predicted octanol–water partition coefficient (Wildman–Crippen LogP) is 1.16. The van der Waals surface area contributed by atoms with E-state index in [9.17, 15) is 0 Å². The number of H-pyrrole nitrogens is 1. The van der Waals surface area contributed by atoms with E-state index in [1.165, 1.54) is 6.21 Å². The number of fused-ring (bicyclic) bond motifs is 1. The SMILES string of the molecule is NC(=S)N/N=C\c1c(Cl)[nH]c2ccc(/C=N/NC(N)=S)cc12. The van der Waals surface area contributed by atoms with Crippen LogP contribution in [0.2, 0.25) is 5.15 Å². The fourth-order valence-electron chi connectivity index (χ4n) is 1.73. The Balaban J connectivity index is 2.33. The second-order valence-corrected chi connectivity index (χ2v) is 5.38. The van der Waals surface area contributed by atoms with Gasteiger partial charge in [0.1, 0.15) is 5.15 Å². The molecule has 0 radical (unpaired) electrons. The number of nitrogens with zero attached hydrogens (tertiary/aromatic N) is 2. The van der Waals surface area contributed by atoms with Gasteiger partial charge in [-0.25, -0.2) is 0 Å². The summed E-state index contributed by atoms with van der Waals surface area (Å²) in [6.45, 7) is 0. The minimum absolute atomic E-state index is 0.0730. The van der Waals surface area contributed by atoms with Crippen molar-refractivity contribution in [2.24, 2.45) is 21.7 Å². The number of hydrogen-bond donors (Lipinski definition) is 5. The van der Waals surface area contributed by atoms with Gasteiger partial charge in [-0.2, -0.15) is 10.2 Å². The summed E-state index contributed by atoms with van der Waals surface area (Å²) in [5.74, 6) is 0. The molecule has 0 spiro atoms. The van der Waals surface area contributed by atoms with E-state index in [0.717, 1.165) is 16.5 Å². The highest BCUT2D eigenvalue weighted by Gasteiger charge is 2.08. The van der Waals surface area contributed by atoms with Gasteiger partial charge < -0.3 is 16.5 Å². The minimum Gasteiger partial charge on any atom is -0.375 e. The molecule has 7 nitrogen and oxygen atoms in total. The van der Waals surface area contributed by atoms with Crippen molar-refractivity contribution >= 4 is 69.6 Å². The average molecular weight is 354 g/mol. The topological polar surface area (TPSA) is 117 Å². The lowest BCUT2D eigenvalue weighted by Crippen LogP contribution is -2.24. The van der Waals surface area contributed by atoms with Crippen molar-refractivity contribution in [2.75, 3.05) is 0 Å². The summed E-state index contributed by atoms with van der Waals surface area (Å²) in [4.78, 5) is 3.05. The number of benzene rings is 1. The van der Waals surface area contributed by atoms with Crippen molar-refractivity contribution in [3.05, 3.63) is 34.5 Å². The Kier molecular flexibility index (Phi) is 5.26. The normalized spacial score (nSPS) is 11.3. The Morgan fingerprint density at radius 3 is 2.41 bits per heavy atom. The number of rotatable bonds is 4. The molecule has 1 heterocycles. The fourth-order valence-corrected chi connectivity index (χ4v) is 2.09. The van der Waals surface area contributed by atoms with Crippen molar-refractivity contribution in [3.8, 4) is 0 Å². The lowest BCUT2D eigenvalue weighted by molar-refractivity contribution is 1.04. The Hall–Kier alpha value is -2.23. The van der Waals surface area contributed by atoms with Gasteiger partial charge in [-0.15, -0.1) is 0 Å². The maximum atomic E-state index is 6.16. The number of aromatic amines is 1. The first-order chi connectivity index (χ1) is 10.5. The second-order valence-electron chi connectivity index (χ2n) is 4.13. The molecule has 0 saturated carbocycles. The van der Waals surface area contributed by atoms with Crippen LogP contribution in [0.3, 0.4) is 0 Å². The van der Waals surface area contributed by atoms with Crippen LogP contribution in [0.15, 0.2) is 28.4 Å². The van der Waals surface area contributed by atoms with E-state index in [2.05, 4.69) is 50.5 Å². The first-order valence-corrected chi connectivity index (χ1v) is 7.15. The molecule has 1 aromatic heterocycles. The molecule has 114 valence electrons. The third-order valence-corrected chi connectivity index (χ3v) is 3.05. The quantitative estimate of drug-likeness (QED) is 0.320. The zero-order valence-corrected chi connectivity index (χ0v) is 13.5. The van der Waals surface area contributed by atoms with Gasteiger partial charge in [-0.1, -0.05) is 17.7 Å². The molecule has 0 aliphatic carbocycles. The summed E-state index contributed by atoms with van der Waals surface area (Å²) < 4.78 is 0. The monoisotopic (exact) mass is 353 g/mol. The molecule has 0 bridgehead atoms. The van der Waals surface area contributed by atoms with E-state index in [1.807, 2.05) is 18.2 Å². The Morgan fingerprint density at radius 1 is 1.14 bits per heavy atom. The van der Waals surface area contributed by atoms with Crippen molar-refractivity contribution in [3.63, 3.8) is 0 Å². The highest BCUT2D eigenvalue weighted by molar-refractivity contribution is 7.80. The molecule has 0 aliphatic heterocycles. The molecule has 22 heavy (non-hydrogen) atoms. The lowest BCUT2D eigenvalue weighted by Gasteiger charge is -1.98. The summed E-state index contributed by atoms with van der Waals surface area (Å²) >= 11 is 15.5. The van der Waals surface area contributed by atoms with Gasteiger partial charge in [-0.05, 0) is 42.1 Å². The van der Waals surface area contributed by atoms with E-state index < -0.39 is 0 Å². The van der Waals surface area contributed by atoms with E-state index in [-0.39, 0.29) is 10.2 Å². The van der Waals surface area contributed by atoms with Crippen LogP contribution in [0.5, 0.6) is 0 Å². The van der Waals surface area contributed by atoms with Gasteiger partial charge >= 0.3 is 0 Å². The minimum atomic E-state index is 0.0730. The summed E-state index contributed by atoms with van der Waals surface area (Å²) in [6, 6.07) is 5.64. The lowest BCUT2D eigenvalue weighted by atomic mass is 10.1. The van der Waals surface area contributed by atoms with Gasteiger partial charge in [0.15, 0.2) is 10.2 Å². The smallest absolute Gasteiger partial charge is 0.184 e. The number of nitrogens with one attached hydrogen (secondary N) is 3. The van der Waals surface area contributed by atoms with Gasteiger partial charge in [-0.3, -0.25) is 10.9 Å². The molecule has 7 N–H and O–H groups in total. The maximum Gasteiger partial charge on any atom is 0.184 e. The molecule has 0 amide bonds. The van der Waals surface area contributed by atoms with E-state index in [1.54, 1.807) is 6.21 Å². The molecule has 0 unspecified atom stereocenters. The number of hydrogen-bond acceptors (Lipinski definition) is 4. The van der Waals surface area contributed by atoms with Gasteiger partial charge in [0.05, 0.1) is 12.4 Å². The molecule has 1 aromatic carbocycles. The van der Waals surface area contributed by atoms with Crippen molar-refractivity contribution in [1.29, 1.82) is 0 Å². The largest absolute Gasteiger partial charge is 0.375 e. The summed E-state index contributed by atoms with van der Waals surface area (Å²) in [5.41, 5.74) is 18.0.